The molecule has 2 aliphatic rings. The highest BCUT2D eigenvalue weighted by molar-refractivity contribution is 5.98. The molecule has 2 aromatic carbocycles. The lowest BCUT2D eigenvalue weighted by atomic mass is 10.0. The van der Waals surface area contributed by atoms with Gasteiger partial charge in [0.05, 0.1) is 7.11 Å². The summed E-state index contributed by atoms with van der Waals surface area (Å²) in [6, 6.07) is 10.5. The normalized spacial score (nSPS) is 16.3. The summed E-state index contributed by atoms with van der Waals surface area (Å²) in [5, 5.41) is 0. The number of Topliss-reactive ketones (excluding diaryl/α,β-unsaturated/α-hetero) is 1. The predicted molar refractivity (Wildman–Crippen MR) is 117 cm³/mol. The molecule has 1 heterocycles. The van der Waals surface area contributed by atoms with Gasteiger partial charge in [0.15, 0.2) is 5.78 Å². The van der Waals surface area contributed by atoms with Crippen molar-refractivity contribution in [3.05, 3.63) is 64.5 Å². The maximum absolute atomic E-state index is 13.6. The number of piperazine rings is 1. The summed E-state index contributed by atoms with van der Waals surface area (Å²) in [6.45, 7) is 3.24. The highest BCUT2D eigenvalue weighted by atomic mass is 19.1. The molecule has 0 spiro atoms. The first-order valence-corrected chi connectivity index (χ1v) is 11.0. The van der Waals surface area contributed by atoms with Gasteiger partial charge in [-0.2, -0.15) is 0 Å². The first kappa shape index (κ1) is 21.5. The number of hydrogen-bond donors (Lipinski definition) is 0. The van der Waals surface area contributed by atoms with E-state index in [1.165, 1.54) is 23.3 Å². The van der Waals surface area contributed by atoms with Crippen LogP contribution in [0.15, 0.2) is 36.4 Å². The monoisotopic (exact) mass is 424 g/mol. The number of carbonyl (C=O) groups excluding carboxylic acids is 2. The summed E-state index contributed by atoms with van der Waals surface area (Å²) in [4.78, 5) is 29.2. The predicted octanol–water partition coefficient (Wildman–Crippen LogP) is 3.63. The summed E-state index contributed by atoms with van der Waals surface area (Å²) in [5.74, 6) is 0.458. The second-order valence-corrected chi connectivity index (χ2v) is 8.37. The number of aryl methyl sites for hydroxylation is 2. The summed E-state index contributed by atoms with van der Waals surface area (Å²) >= 11 is 0. The number of amides is 1. The fourth-order valence-electron chi connectivity index (χ4n) is 4.54. The van der Waals surface area contributed by atoms with E-state index in [1.54, 1.807) is 13.2 Å². The van der Waals surface area contributed by atoms with Crippen molar-refractivity contribution in [2.24, 2.45) is 0 Å². The van der Waals surface area contributed by atoms with Gasteiger partial charge in [-0.05, 0) is 54.7 Å². The van der Waals surface area contributed by atoms with Crippen LogP contribution in [0.2, 0.25) is 0 Å². The number of hydrogen-bond acceptors (Lipinski definition) is 4. The first-order valence-electron chi connectivity index (χ1n) is 11.0. The van der Waals surface area contributed by atoms with Crippen LogP contribution >= 0.6 is 0 Å². The largest absolute Gasteiger partial charge is 0.496 e. The van der Waals surface area contributed by atoms with Crippen LogP contribution in [0.4, 0.5) is 4.39 Å². The molecule has 1 saturated heterocycles. The molecule has 4 rings (SSSR count). The number of fused-ring (bicyclic) bond motifs is 1. The van der Waals surface area contributed by atoms with Crippen LogP contribution in [-0.4, -0.2) is 54.8 Å². The molecule has 2 aromatic rings. The second-order valence-electron chi connectivity index (χ2n) is 8.37. The van der Waals surface area contributed by atoms with Gasteiger partial charge >= 0.3 is 0 Å². The van der Waals surface area contributed by atoms with Gasteiger partial charge in [0.2, 0.25) is 5.91 Å². The number of nitrogens with zero attached hydrogens (tertiary/aromatic N) is 2. The first-order chi connectivity index (χ1) is 15.0. The molecular formula is C25H29FN2O3. The SMILES string of the molecule is COc1ccc(F)cc1CN1CCN(C(=O)CCC(=O)c2ccc3c(c2)CCC3)CC1. The minimum absolute atomic E-state index is 0.0255. The van der Waals surface area contributed by atoms with Gasteiger partial charge in [-0.1, -0.05) is 12.1 Å². The Morgan fingerprint density at radius 3 is 2.52 bits per heavy atom. The van der Waals surface area contributed by atoms with E-state index in [0.29, 0.717) is 38.5 Å². The molecule has 6 heteroatoms. The zero-order valence-electron chi connectivity index (χ0n) is 18.0. The minimum Gasteiger partial charge on any atom is -0.496 e. The van der Waals surface area contributed by atoms with E-state index in [2.05, 4.69) is 11.0 Å². The van der Waals surface area contributed by atoms with E-state index < -0.39 is 0 Å². The van der Waals surface area contributed by atoms with Gasteiger partial charge in [0.25, 0.3) is 0 Å². The summed E-state index contributed by atoms with van der Waals surface area (Å²) in [6.07, 6.45) is 3.79. The molecular weight excluding hydrogens is 395 g/mol. The van der Waals surface area contributed by atoms with Crippen LogP contribution < -0.4 is 4.74 Å². The summed E-state index contributed by atoms with van der Waals surface area (Å²) < 4.78 is 18.9. The van der Waals surface area contributed by atoms with Crippen LogP contribution in [0.5, 0.6) is 5.75 Å². The van der Waals surface area contributed by atoms with Crippen LogP contribution in [0.3, 0.4) is 0 Å². The molecule has 31 heavy (non-hydrogen) atoms. The molecule has 0 aromatic heterocycles. The van der Waals surface area contributed by atoms with Gasteiger partial charge in [-0.15, -0.1) is 0 Å². The third kappa shape index (κ3) is 5.13. The molecule has 164 valence electrons. The third-order valence-corrected chi connectivity index (χ3v) is 6.35. The lowest BCUT2D eigenvalue weighted by Gasteiger charge is -2.35. The number of ketones is 1. The number of halogens is 1. The average molecular weight is 425 g/mol. The van der Waals surface area contributed by atoms with Crippen LogP contribution in [-0.2, 0) is 24.2 Å². The van der Waals surface area contributed by atoms with Crippen molar-refractivity contribution in [2.75, 3.05) is 33.3 Å². The quantitative estimate of drug-likeness (QED) is 0.637. The Balaban J connectivity index is 1.25. The van der Waals surface area contributed by atoms with Crippen molar-refractivity contribution in [3.8, 4) is 5.75 Å². The van der Waals surface area contributed by atoms with Gasteiger partial charge in [-0.25, -0.2) is 4.39 Å². The zero-order chi connectivity index (χ0) is 21.8. The lowest BCUT2D eigenvalue weighted by molar-refractivity contribution is -0.133. The van der Waals surface area contributed by atoms with Crippen LogP contribution in [0, 0.1) is 5.82 Å². The van der Waals surface area contributed by atoms with E-state index in [1.807, 2.05) is 17.0 Å². The Kier molecular flexibility index (Phi) is 6.66. The Morgan fingerprint density at radius 2 is 1.74 bits per heavy atom. The molecule has 1 amide bonds. The molecule has 0 saturated carbocycles. The van der Waals surface area contributed by atoms with Crippen LogP contribution in [0.25, 0.3) is 0 Å². The number of methoxy groups -OCH3 is 1. The third-order valence-electron chi connectivity index (χ3n) is 6.35. The van der Waals surface area contributed by atoms with Crippen molar-refractivity contribution >= 4 is 11.7 Å². The highest BCUT2D eigenvalue weighted by Gasteiger charge is 2.23. The van der Waals surface area contributed by atoms with E-state index in [9.17, 15) is 14.0 Å². The van der Waals surface area contributed by atoms with Gasteiger partial charge in [0, 0.05) is 56.7 Å². The van der Waals surface area contributed by atoms with Crippen LogP contribution in [0.1, 0.15) is 46.3 Å². The summed E-state index contributed by atoms with van der Waals surface area (Å²) in [7, 11) is 1.58. The van der Waals surface area contributed by atoms with Crippen molar-refractivity contribution in [1.29, 1.82) is 0 Å². The van der Waals surface area contributed by atoms with Gasteiger partial charge in [-0.3, -0.25) is 14.5 Å². The molecule has 0 bridgehead atoms. The van der Waals surface area contributed by atoms with Gasteiger partial charge in [0.1, 0.15) is 11.6 Å². The maximum atomic E-state index is 13.6. The topological polar surface area (TPSA) is 49.9 Å². The number of benzene rings is 2. The summed E-state index contributed by atoms with van der Waals surface area (Å²) in [5.41, 5.74) is 4.16. The highest BCUT2D eigenvalue weighted by Crippen LogP contribution is 2.24. The molecule has 0 radical (unpaired) electrons. The standard InChI is InChI=1S/C25H29FN2O3/c1-31-24-9-7-22(26)16-21(24)17-27-11-13-28(14-12-27)25(30)10-8-23(29)20-6-5-18-3-2-4-19(18)15-20/h5-7,9,15-16H,2-4,8,10-14,17H2,1H3. The second kappa shape index (κ2) is 9.60. The number of carbonyl (C=O) groups is 2. The smallest absolute Gasteiger partial charge is 0.223 e. The Bertz CT molecular complexity index is 967. The fraction of sp³-hybridized carbons (Fsp3) is 0.440. The van der Waals surface area contributed by atoms with Crippen molar-refractivity contribution in [3.63, 3.8) is 0 Å². The number of ether oxygens (including phenoxy) is 1. The molecule has 0 atom stereocenters. The molecule has 1 fully saturated rings. The van der Waals surface area contributed by atoms with E-state index >= 15 is 0 Å². The van der Waals surface area contributed by atoms with Gasteiger partial charge < -0.3 is 9.64 Å². The van der Waals surface area contributed by atoms with E-state index in [-0.39, 0.29) is 30.3 Å². The van der Waals surface area contributed by atoms with E-state index in [4.69, 9.17) is 4.74 Å². The zero-order valence-corrected chi connectivity index (χ0v) is 18.0. The molecule has 0 unspecified atom stereocenters. The van der Waals surface area contributed by atoms with Crippen molar-refractivity contribution < 1.29 is 18.7 Å². The molecule has 1 aliphatic carbocycles. The average Bonchev–Trinajstić information content (AvgIpc) is 3.26. The van der Waals surface area contributed by atoms with Crippen molar-refractivity contribution in [2.45, 2.75) is 38.6 Å². The van der Waals surface area contributed by atoms with Crippen molar-refractivity contribution in [1.82, 2.24) is 9.80 Å². The minimum atomic E-state index is -0.280. The van der Waals surface area contributed by atoms with E-state index in [0.717, 1.165) is 30.4 Å². The molecule has 5 nitrogen and oxygen atoms in total. The maximum Gasteiger partial charge on any atom is 0.223 e. The Morgan fingerprint density at radius 1 is 0.968 bits per heavy atom. The number of rotatable bonds is 7. The molecule has 1 aliphatic heterocycles. The Hall–Kier alpha value is -2.73. The molecule has 0 N–H and O–H groups in total. The lowest BCUT2D eigenvalue weighted by Crippen LogP contribution is -2.48. The fourth-order valence-corrected chi connectivity index (χ4v) is 4.54. The Labute approximate surface area is 182 Å².